The molecular formula is C10H20N2. The minimum Gasteiger partial charge on any atom is -0.383 e. The van der Waals surface area contributed by atoms with Crippen LogP contribution in [0.5, 0.6) is 0 Å². The Morgan fingerprint density at radius 1 is 1.33 bits per heavy atom. The molecule has 0 aliphatic heterocycles. The fourth-order valence-electron chi connectivity index (χ4n) is 0.912. The number of rotatable bonds is 3. The first kappa shape index (κ1) is 11.2. The summed E-state index contributed by atoms with van der Waals surface area (Å²) >= 11 is 0. The third-order valence-electron chi connectivity index (χ3n) is 1.61. The Bertz CT molecular complexity index is 183. The van der Waals surface area contributed by atoms with Crippen molar-refractivity contribution in [3.63, 3.8) is 0 Å². The second kappa shape index (κ2) is 4.31. The van der Waals surface area contributed by atoms with Gasteiger partial charge < -0.3 is 10.6 Å². The lowest BCUT2D eigenvalue weighted by molar-refractivity contribution is 0.558. The number of hydrogen-bond donors (Lipinski definition) is 1. The monoisotopic (exact) mass is 168 g/mol. The van der Waals surface area contributed by atoms with Gasteiger partial charge in [0.05, 0.1) is 0 Å². The van der Waals surface area contributed by atoms with Crippen LogP contribution in [0, 0.1) is 0 Å². The maximum Gasteiger partial charge on any atom is 0.0349 e. The number of nitrogens with zero attached hydrogens (tertiary/aromatic N) is 1. The highest BCUT2D eigenvalue weighted by atomic mass is 15.0. The van der Waals surface area contributed by atoms with E-state index in [1.54, 1.807) is 0 Å². The molecule has 0 radical (unpaired) electrons. The van der Waals surface area contributed by atoms with Gasteiger partial charge in [0, 0.05) is 19.6 Å². The van der Waals surface area contributed by atoms with Gasteiger partial charge in [-0.1, -0.05) is 6.08 Å². The molecule has 0 saturated heterocycles. The lowest BCUT2D eigenvalue weighted by Gasteiger charge is -2.20. The summed E-state index contributed by atoms with van der Waals surface area (Å²) < 4.78 is 0. The summed E-state index contributed by atoms with van der Waals surface area (Å²) in [5.74, 6) is 0. The van der Waals surface area contributed by atoms with Crippen molar-refractivity contribution in [2.45, 2.75) is 26.3 Å². The first-order valence-corrected chi connectivity index (χ1v) is 4.18. The van der Waals surface area contributed by atoms with Crippen LogP contribution in [0.2, 0.25) is 0 Å². The molecule has 0 fully saturated rings. The van der Waals surface area contributed by atoms with Gasteiger partial charge in [0.15, 0.2) is 0 Å². The van der Waals surface area contributed by atoms with Crippen LogP contribution in [0.4, 0.5) is 0 Å². The molecule has 0 saturated carbocycles. The molecule has 0 amide bonds. The molecule has 70 valence electrons. The standard InChI is InChI=1S/C10H20N2/c1-6-9(10(2,3)11)7-8-12(4)5/h6-8H,11H2,1-5H3/b8-7-,9-6+. The Morgan fingerprint density at radius 3 is 2.08 bits per heavy atom. The highest BCUT2D eigenvalue weighted by Gasteiger charge is 2.13. The Balaban J connectivity index is 4.42. The van der Waals surface area contributed by atoms with Gasteiger partial charge in [0.25, 0.3) is 0 Å². The Kier molecular flexibility index (Phi) is 4.04. The first-order chi connectivity index (χ1) is 5.38. The average molecular weight is 168 g/mol. The largest absolute Gasteiger partial charge is 0.383 e. The zero-order valence-corrected chi connectivity index (χ0v) is 8.76. The molecule has 0 aliphatic carbocycles. The normalized spacial score (nSPS) is 14.0. The fourth-order valence-corrected chi connectivity index (χ4v) is 0.912. The summed E-state index contributed by atoms with van der Waals surface area (Å²) in [6.45, 7) is 6.01. The number of hydrogen-bond acceptors (Lipinski definition) is 2. The van der Waals surface area contributed by atoms with E-state index in [1.165, 1.54) is 0 Å². The van der Waals surface area contributed by atoms with E-state index in [2.05, 4.69) is 0 Å². The van der Waals surface area contributed by atoms with E-state index in [0.29, 0.717) is 0 Å². The second-order valence-electron chi connectivity index (χ2n) is 3.75. The van der Waals surface area contributed by atoms with Crippen molar-refractivity contribution in [2.75, 3.05) is 14.1 Å². The molecule has 0 atom stereocenters. The van der Waals surface area contributed by atoms with Gasteiger partial charge in [-0.25, -0.2) is 0 Å². The SMILES string of the molecule is C/C=C(\C=C/N(C)C)C(C)(C)N. The highest BCUT2D eigenvalue weighted by Crippen LogP contribution is 2.13. The molecule has 0 aromatic heterocycles. The quantitative estimate of drug-likeness (QED) is 0.650. The summed E-state index contributed by atoms with van der Waals surface area (Å²) in [7, 11) is 3.99. The van der Waals surface area contributed by atoms with Crippen molar-refractivity contribution in [1.82, 2.24) is 4.90 Å². The minimum absolute atomic E-state index is 0.249. The molecule has 2 nitrogen and oxygen atoms in total. The van der Waals surface area contributed by atoms with Crippen molar-refractivity contribution in [3.05, 3.63) is 23.9 Å². The topological polar surface area (TPSA) is 29.3 Å². The maximum absolute atomic E-state index is 5.94. The summed E-state index contributed by atoms with van der Waals surface area (Å²) in [6, 6.07) is 0. The van der Waals surface area contributed by atoms with Crippen LogP contribution in [-0.2, 0) is 0 Å². The predicted molar refractivity (Wildman–Crippen MR) is 54.9 cm³/mol. The highest BCUT2D eigenvalue weighted by molar-refractivity contribution is 5.27. The van der Waals surface area contributed by atoms with Crippen LogP contribution in [0.15, 0.2) is 23.9 Å². The molecule has 2 heteroatoms. The molecule has 0 rings (SSSR count). The Hall–Kier alpha value is -0.760. The van der Waals surface area contributed by atoms with Crippen LogP contribution >= 0.6 is 0 Å². The third kappa shape index (κ3) is 4.19. The van der Waals surface area contributed by atoms with Gasteiger partial charge in [0.1, 0.15) is 0 Å². The van der Waals surface area contributed by atoms with E-state index in [1.807, 2.05) is 58.1 Å². The molecule has 2 N–H and O–H groups in total. The number of allylic oxidation sites excluding steroid dienone is 1. The van der Waals surface area contributed by atoms with Gasteiger partial charge in [-0.05, 0) is 38.6 Å². The second-order valence-corrected chi connectivity index (χ2v) is 3.75. The average Bonchev–Trinajstić information content (AvgIpc) is 1.85. The van der Waals surface area contributed by atoms with Gasteiger partial charge in [-0.2, -0.15) is 0 Å². The zero-order chi connectivity index (χ0) is 9.78. The van der Waals surface area contributed by atoms with Crippen molar-refractivity contribution in [2.24, 2.45) is 5.73 Å². The lowest BCUT2D eigenvalue weighted by Crippen LogP contribution is -2.33. The van der Waals surface area contributed by atoms with Crippen molar-refractivity contribution in [1.29, 1.82) is 0 Å². The first-order valence-electron chi connectivity index (χ1n) is 4.18. The van der Waals surface area contributed by atoms with Gasteiger partial charge in [-0.3, -0.25) is 0 Å². The summed E-state index contributed by atoms with van der Waals surface area (Å²) in [5, 5.41) is 0. The summed E-state index contributed by atoms with van der Waals surface area (Å²) in [4.78, 5) is 2.00. The van der Waals surface area contributed by atoms with E-state index in [-0.39, 0.29) is 5.54 Å². The third-order valence-corrected chi connectivity index (χ3v) is 1.61. The zero-order valence-electron chi connectivity index (χ0n) is 8.76. The van der Waals surface area contributed by atoms with Crippen molar-refractivity contribution < 1.29 is 0 Å². The Labute approximate surface area is 75.7 Å². The molecule has 0 aromatic rings. The van der Waals surface area contributed by atoms with E-state index >= 15 is 0 Å². The number of nitrogens with two attached hydrogens (primary N) is 1. The molecule has 0 heterocycles. The van der Waals surface area contributed by atoms with Crippen molar-refractivity contribution >= 4 is 0 Å². The molecule has 0 aliphatic rings. The molecule has 0 unspecified atom stereocenters. The molecule has 0 aromatic carbocycles. The van der Waals surface area contributed by atoms with E-state index in [0.717, 1.165) is 5.57 Å². The maximum atomic E-state index is 5.94. The molecule has 0 spiro atoms. The molecule has 0 bridgehead atoms. The van der Waals surface area contributed by atoms with Crippen molar-refractivity contribution in [3.8, 4) is 0 Å². The predicted octanol–water partition coefficient (Wildman–Crippen LogP) is 1.75. The van der Waals surface area contributed by atoms with E-state index < -0.39 is 0 Å². The van der Waals surface area contributed by atoms with Gasteiger partial charge in [-0.15, -0.1) is 0 Å². The van der Waals surface area contributed by atoms with Gasteiger partial charge >= 0.3 is 0 Å². The minimum atomic E-state index is -0.249. The summed E-state index contributed by atoms with van der Waals surface area (Å²) in [6.07, 6.45) is 6.09. The smallest absolute Gasteiger partial charge is 0.0349 e. The summed E-state index contributed by atoms with van der Waals surface area (Å²) in [5.41, 5.74) is 6.84. The lowest BCUT2D eigenvalue weighted by atomic mass is 9.95. The van der Waals surface area contributed by atoms with Gasteiger partial charge in [0.2, 0.25) is 0 Å². The van der Waals surface area contributed by atoms with Crippen LogP contribution in [-0.4, -0.2) is 24.5 Å². The molecule has 12 heavy (non-hydrogen) atoms. The van der Waals surface area contributed by atoms with E-state index in [9.17, 15) is 0 Å². The van der Waals surface area contributed by atoms with Crippen LogP contribution in [0.1, 0.15) is 20.8 Å². The van der Waals surface area contributed by atoms with Crippen LogP contribution in [0.25, 0.3) is 0 Å². The van der Waals surface area contributed by atoms with E-state index in [4.69, 9.17) is 5.73 Å². The van der Waals surface area contributed by atoms with Crippen LogP contribution in [0.3, 0.4) is 0 Å². The fraction of sp³-hybridized carbons (Fsp3) is 0.600. The van der Waals surface area contributed by atoms with Crippen LogP contribution < -0.4 is 5.73 Å². The molecular weight excluding hydrogens is 148 g/mol. The Morgan fingerprint density at radius 2 is 1.83 bits per heavy atom.